The van der Waals surface area contributed by atoms with Crippen LogP contribution < -0.4 is 4.90 Å². The van der Waals surface area contributed by atoms with Crippen LogP contribution in [0.3, 0.4) is 0 Å². The minimum atomic E-state index is -0.116. The number of pyridine rings is 1. The topological polar surface area (TPSA) is 76.8 Å². The molecular weight excluding hydrogens is 336 g/mol. The van der Waals surface area contributed by atoms with Crippen LogP contribution in [-0.4, -0.2) is 30.6 Å². The van der Waals surface area contributed by atoms with Gasteiger partial charge in [-0.2, -0.15) is 5.10 Å². The number of thiazole rings is 1. The van der Waals surface area contributed by atoms with E-state index in [-0.39, 0.29) is 12.5 Å². The number of carbonyl (C=O) groups is 1. The lowest BCUT2D eigenvalue weighted by Gasteiger charge is -2.19. The van der Waals surface area contributed by atoms with Crippen molar-refractivity contribution in [1.82, 2.24) is 24.7 Å². The van der Waals surface area contributed by atoms with E-state index in [2.05, 4.69) is 20.1 Å². The number of hydrogen-bond acceptors (Lipinski definition) is 6. The van der Waals surface area contributed by atoms with Gasteiger partial charge in [0.1, 0.15) is 19.2 Å². The van der Waals surface area contributed by atoms with Gasteiger partial charge >= 0.3 is 0 Å². The van der Waals surface area contributed by atoms with Gasteiger partial charge in [-0.15, -0.1) is 0 Å². The van der Waals surface area contributed by atoms with Gasteiger partial charge in [0, 0.05) is 6.20 Å². The minimum Gasteiger partial charge on any atom is -0.280 e. The molecule has 25 heavy (non-hydrogen) atoms. The molecule has 0 saturated heterocycles. The number of benzene rings is 1. The summed E-state index contributed by atoms with van der Waals surface area (Å²) in [6.45, 7) is 0.455. The Kier molecular flexibility index (Phi) is 4.17. The zero-order valence-electron chi connectivity index (χ0n) is 13.2. The van der Waals surface area contributed by atoms with Gasteiger partial charge in [-0.1, -0.05) is 29.5 Å². The first-order valence-corrected chi connectivity index (χ1v) is 8.49. The van der Waals surface area contributed by atoms with Crippen LogP contribution in [-0.2, 0) is 17.9 Å². The summed E-state index contributed by atoms with van der Waals surface area (Å²) in [5.41, 5.74) is 1.68. The largest absolute Gasteiger partial charge is 0.280 e. The van der Waals surface area contributed by atoms with Crippen molar-refractivity contribution in [2.45, 2.75) is 13.1 Å². The van der Waals surface area contributed by atoms with E-state index >= 15 is 0 Å². The summed E-state index contributed by atoms with van der Waals surface area (Å²) in [5.74, 6) is -0.116. The zero-order valence-corrected chi connectivity index (χ0v) is 14.0. The number of amides is 1. The summed E-state index contributed by atoms with van der Waals surface area (Å²) in [5, 5.41) is 4.66. The molecule has 1 aromatic carbocycles. The van der Waals surface area contributed by atoms with Crippen molar-refractivity contribution in [2.75, 3.05) is 4.90 Å². The van der Waals surface area contributed by atoms with Crippen LogP contribution in [0.4, 0.5) is 5.13 Å². The zero-order chi connectivity index (χ0) is 17.1. The van der Waals surface area contributed by atoms with E-state index in [4.69, 9.17) is 0 Å². The van der Waals surface area contributed by atoms with Gasteiger partial charge in [0.2, 0.25) is 0 Å². The number of para-hydroxylation sites is 1. The maximum atomic E-state index is 12.9. The van der Waals surface area contributed by atoms with Crippen molar-refractivity contribution < 1.29 is 4.79 Å². The van der Waals surface area contributed by atoms with Crippen LogP contribution in [0, 0.1) is 0 Å². The van der Waals surface area contributed by atoms with Gasteiger partial charge in [0.05, 0.1) is 22.5 Å². The van der Waals surface area contributed by atoms with Crippen molar-refractivity contribution in [3.8, 4) is 0 Å². The third-order valence-electron chi connectivity index (χ3n) is 3.62. The Morgan fingerprint density at radius 3 is 2.80 bits per heavy atom. The third-order valence-corrected chi connectivity index (χ3v) is 4.68. The molecule has 4 aromatic rings. The van der Waals surface area contributed by atoms with E-state index < -0.39 is 0 Å². The number of aromatic nitrogens is 5. The smallest absolute Gasteiger partial charge is 0.250 e. The van der Waals surface area contributed by atoms with E-state index in [0.717, 1.165) is 15.9 Å². The second-order valence-corrected chi connectivity index (χ2v) is 6.37. The van der Waals surface area contributed by atoms with Crippen molar-refractivity contribution >= 4 is 32.6 Å². The fourth-order valence-corrected chi connectivity index (χ4v) is 3.41. The summed E-state index contributed by atoms with van der Waals surface area (Å²) >= 11 is 1.49. The molecule has 0 aliphatic rings. The molecule has 0 aliphatic carbocycles. The molecule has 0 unspecified atom stereocenters. The standard InChI is InChI=1S/C17H14N6OS/c24-16(10-22-12-18-11-20-22)23(9-13-5-3-4-8-19-13)17-21-14-6-1-2-7-15(14)25-17/h1-8,11-12H,9-10H2. The molecule has 0 fully saturated rings. The Morgan fingerprint density at radius 1 is 1.16 bits per heavy atom. The van der Waals surface area contributed by atoms with Crippen LogP contribution >= 0.6 is 11.3 Å². The highest BCUT2D eigenvalue weighted by atomic mass is 32.1. The Morgan fingerprint density at radius 2 is 2.04 bits per heavy atom. The van der Waals surface area contributed by atoms with Gasteiger partial charge in [-0.3, -0.25) is 14.7 Å². The third kappa shape index (κ3) is 3.38. The maximum Gasteiger partial charge on any atom is 0.250 e. The van der Waals surface area contributed by atoms with Crippen LogP contribution in [0.5, 0.6) is 0 Å². The Hall–Kier alpha value is -3.13. The molecule has 124 valence electrons. The molecule has 0 saturated carbocycles. The van der Waals surface area contributed by atoms with Crippen LogP contribution in [0.15, 0.2) is 61.3 Å². The molecule has 1 amide bonds. The number of anilines is 1. The summed E-state index contributed by atoms with van der Waals surface area (Å²) in [6, 6.07) is 13.5. The van der Waals surface area contributed by atoms with Crippen molar-refractivity contribution in [3.63, 3.8) is 0 Å². The number of nitrogens with zero attached hydrogens (tertiary/aromatic N) is 6. The molecule has 8 heteroatoms. The summed E-state index contributed by atoms with van der Waals surface area (Å²) in [7, 11) is 0. The number of fused-ring (bicyclic) bond motifs is 1. The highest BCUT2D eigenvalue weighted by molar-refractivity contribution is 7.22. The second-order valence-electron chi connectivity index (χ2n) is 5.36. The molecule has 0 radical (unpaired) electrons. The van der Waals surface area contributed by atoms with E-state index in [9.17, 15) is 4.79 Å². The van der Waals surface area contributed by atoms with Crippen LogP contribution in [0.1, 0.15) is 5.69 Å². The van der Waals surface area contributed by atoms with Gasteiger partial charge in [-0.25, -0.2) is 14.6 Å². The normalized spacial score (nSPS) is 10.9. The molecule has 0 bridgehead atoms. The Bertz CT molecular complexity index is 950. The van der Waals surface area contributed by atoms with Crippen LogP contribution in [0.25, 0.3) is 10.2 Å². The van der Waals surface area contributed by atoms with E-state index in [1.807, 2.05) is 42.5 Å². The van der Waals surface area contributed by atoms with Crippen LogP contribution in [0.2, 0.25) is 0 Å². The first-order chi connectivity index (χ1) is 12.3. The highest BCUT2D eigenvalue weighted by Crippen LogP contribution is 2.29. The Labute approximate surface area is 147 Å². The maximum absolute atomic E-state index is 12.9. The highest BCUT2D eigenvalue weighted by Gasteiger charge is 2.21. The van der Waals surface area contributed by atoms with Crippen molar-refractivity contribution in [1.29, 1.82) is 0 Å². The summed E-state index contributed by atoms with van der Waals surface area (Å²) < 4.78 is 2.54. The second kappa shape index (κ2) is 6.78. The monoisotopic (exact) mass is 350 g/mol. The molecule has 7 nitrogen and oxygen atoms in total. The quantitative estimate of drug-likeness (QED) is 0.553. The lowest BCUT2D eigenvalue weighted by molar-refractivity contribution is -0.119. The van der Waals surface area contributed by atoms with E-state index in [1.54, 1.807) is 11.1 Å². The SMILES string of the molecule is O=C(Cn1cncn1)N(Cc1ccccn1)c1nc2ccccc2s1. The molecule has 0 N–H and O–H groups in total. The molecule has 0 spiro atoms. The summed E-state index contributed by atoms with van der Waals surface area (Å²) in [6.07, 6.45) is 4.65. The van der Waals surface area contributed by atoms with Gasteiger partial charge in [0.15, 0.2) is 5.13 Å². The molecule has 3 heterocycles. The van der Waals surface area contributed by atoms with Gasteiger partial charge in [0.25, 0.3) is 5.91 Å². The fraction of sp³-hybridized carbons (Fsp3) is 0.118. The molecule has 0 aliphatic heterocycles. The summed E-state index contributed by atoms with van der Waals surface area (Å²) in [4.78, 5) is 27.3. The Balaban J connectivity index is 1.68. The van der Waals surface area contributed by atoms with E-state index in [0.29, 0.717) is 11.7 Å². The van der Waals surface area contributed by atoms with Gasteiger partial charge < -0.3 is 0 Å². The van der Waals surface area contributed by atoms with E-state index in [1.165, 1.54) is 28.7 Å². The number of hydrogen-bond donors (Lipinski definition) is 0. The lowest BCUT2D eigenvalue weighted by Crippen LogP contribution is -2.33. The lowest BCUT2D eigenvalue weighted by atomic mass is 10.3. The first-order valence-electron chi connectivity index (χ1n) is 7.68. The molecular formula is C17H14N6OS. The van der Waals surface area contributed by atoms with Gasteiger partial charge in [-0.05, 0) is 24.3 Å². The van der Waals surface area contributed by atoms with Crippen molar-refractivity contribution in [2.24, 2.45) is 0 Å². The molecule has 4 rings (SSSR count). The average Bonchev–Trinajstić information content (AvgIpc) is 3.29. The predicted molar refractivity (Wildman–Crippen MR) is 95.1 cm³/mol. The molecule has 0 atom stereocenters. The fourth-order valence-electron chi connectivity index (χ4n) is 2.43. The average molecular weight is 350 g/mol. The minimum absolute atomic E-state index is 0.1000. The number of rotatable bonds is 5. The van der Waals surface area contributed by atoms with Crippen molar-refractivity contribution in [3.05, 3.63) is 67.0 Å². The predicted octanol–water partition coefficient (Wildman–Crippen LogP) is 2.52. The molecule has 3 aromatic heterocycles. The first kappa shape index (κ1) is 15.4. The number of carbonyl (C=O) groups excluding carboxylic acids is 1.